The molecule has 2 aromatic heterocycles. The maximum absolute atomic E-state index is 6.93. The molecule has 5 aromatic carbocycles. The Labute approximate surface area is 199 Å². The molecule has 2 N–H and O–H groups in total. The molecular weight excluding hydrogens is 438 g/mol. The molecular formula is C30H19NS2. The van der Waals surface area contributed by atoms with E-state index in [2.05, 4.69) is 103 Å². The van der Waals surface area contributed by atoms with Gasteiger partial charge in [0.25, 0.3) is 0 Å². The molecule has 0 saturated carbocycles. The second-order valence-electron chi connectivity index (χ2n) is 8.33. The quantitative estimate of drug-likeness (QED) is 0.257. The lowest BCUT2D eigenvalue weighted by atomic mass is 9.94. The molecule has 0 radical (unpaired) electrons. The molecule has 0 aliphatic heterocycles. The van der Waals surface area contributed by atoms with Gasteiger partial charge < -0.3 is 5.73 Å². The molecule has 33 heavy (non-hydrogen) atoms. The van der Waals surface area contributed by atoms with Crippen molar-refractivity contribution in [3.63, 3.8) is 0 Å². The van der Waals surface area contributed by atoms with E-state index in [1.165, 1.54) is 51.5 Å². The summed E-state index contributed by atoms with van der Waals surface area (Å²) in [7, 11) is 0. The second-order valence-corrected chi connectivity index (χ2v) is 10.4. The molecule has 0 amide bonds. The van der Waals surface area contributed by atoms with Gasteiger partial charge >= 0.3 is 0 Å². The lowest BCUT2D eigenvalue weighted by Gasteiger charge is -2.13. The van der Waals surface area contributed by atoms with E-state index in [0.717, 1.165) is 16.8 Å². The highest BCUT2D eigenvalue weighted by Gasteiger charge is 2.16. The Morgan fingerprint density at radius 2 is 0.788 bits per heavy atom. The van der Waals surface area contributed by atoms with E-state index in [1.54, 1.807) is 0 Å². The number of rotatable bonds is 2. The zero-order valence-corrected chi connectivity index (χ0v) is 19.3. The first-order chi connectivity index (χ1) is 16.3. The van der Waals surface area contributed by atoms with E-state index >= 15 is 0 Å². The molecule has 156 valence electrons. The van der Waals surface area contributed by atoms with Gasteiger partial charge in [0.05, 0.1) is 0 Å². The van der Waals surface area contributed by atoms with Gasteiger partial charge in [-0.1, -0.05) is 91.0 Å². The predicted molar refractivity (Wildman–Crippen MR) is 148 cm³/mol. The number of para-hydroxylation sites is 1. The summed E-state index contributed by atoms with van der Waals surface area (Å²) in [5.74, 6) is 0. The van der Waals surface area contributed by atoms with Crippen molar-refractivity contribution >= 4 is 68.7 Å². The molecule has 3 heteroatoms. The molecule has 1 nitrogen and oxygen atoms in total. The summed E-state index contributed by atoms with van der Waals surface area (Å²) < 4.78 is 5.21. The van der Waals surface area contributed by atoms with E-state index in [-0.39, 0.29) is 0 Å². The normalized spacial score (nSPS) is 11.8. The van der Waals surface area contributed by atoms with E-state index in [9.17, 15) is 0 Å². The van der Waals surface area contributed by atoms with Crippen LogP contribution in [0.3, 0.4) is 0 Å². The first-order valence-corrected chi connectivity index (χ1v) is 12.6. The summed E-state index contributed by atoms with van der Waals surface area (Å²) in [4.78, 5) is 0. The first kappa shape index (κ1) is 18.9. The van der Waals surface area contributed by atoms with Crippen molar-refractivity contribution in [3.05, 3.63) is 103 Å². The molecule has 2 heterocycles. The Morgan fingerprint density at radius 1 is 0.394 bits per heavy atom. The summed E-state index contributed by atoms with van der Waals surface area (Å²) in [5, 5.41) is 5.21. The number of anilines is 1. The number of nitrogens with two attached hydrogens (primary N) is 1. The summed E-state index contributed by atoms with van der Waals surface area (Å²) in [6.07, 6.45) is 0. The summed E-state index contributed by atoms with van der Waals surface area (Å²) in [5.41, 5.74) is 12.4. The molecule has 7 rings (SSSR count). The van der Waals surface area contributed by atoms with Gasteiger partial charge in [0, 0.05) is 68.3 Å². The highest BCUT2D eigenvalue weighted by Crippen LogP contribution is 2.45. The van der Waals surface area contributed by atoms with Crippen LogP contribution < -0.4 is 5.73 Å². The Morgan fingerprint density at radius 3 is 1.30 bits per heavy atom. The van der Waals surface area contributed by atoms with Gasteiger partial charge in [-0.2, -0.15) is 0 Å². The summed E-state index contributed by atoms with van der Waals surface area (Å²) in [6.45, 7) is 0. The topological polar surface area (TPSA) is 26.0 Å². The van der Waals surface area contributed by atoms with E-state index in [1.807, 2.05) is 22.7 Å². The fourth-order valence-corrected chi connectivity index (χ4v) is 7.41. The van der Waals surface area contributed by atoms with Gasteiger partial charge in [-0.25, -0.2) is 0 Å². The maximum Gasteiger partial charge on any atom is 0.0474 e. The van der Waals surface area contributed by atoms with Crippen LogP contribution in [-0.2, 0) is 0 Å². The van der Waals surface area contributed by atoms with Gasteiger partial charge in [0.15, 0.2) is 0 Å². The van der Waals surface area contributed by atoms with E-state index in [4.69, 9.17) is 5.73 Å². The third-order valence-electron chi connectivity index (χ3n) is 6.50. The molecule has 0 unspecified atom stereocenters. The molecule has 0 aliphatic carbocycles. The van der Waals surface area contributed by atoms with Crippen molar-refractivity contribution < 1.29 is 0 Å². The third kappa shape index (κ3) is 2.76. The van der Waals surface area contributed by atoms with Crippen LogP contribution in [0.4, 0.5) is 5.69 Å². The average molecular weight is 458 g/mol. The number of nitrogen functional groups attached to an aromatic ring is 1. The number of benzene rings is 5. The highest BCUT2D eigenvalue weighted by atomic mass is 32.1. The molecule has 0 bridgehead atoms. The molecule has 0 aliphatic rings. The fourth-order valence-electron chi connectivity index (χ4n) is 4.95. The van der Waals surface area contributed by atoms with Crippen molar-refractivity contribution in [3.8, 4) is 22.3 Å². The van der Waals surface area contributed by atoms with Crippen molar-refractivity contribution in [2.24, 2.45) is 0 Å². The maximum atomic E-state index is 6.93. The number of fused-ring (bicyclic) bond motifs is 6. The molecule has 0 fully saturated rings. The largest absolute Gasteiger partial charge is 0.398 e. The van der Waals surface area contributed by atoms with Crippen LogP contribution >= 0.6 is 22.7 Å². The zero-order chi connectivity index (χ0) is 21.9. The minimum Gasteiger partial charge on any atom is -0.398 e. The SMILES string of the molecule is Nc1c(-c2cccc3c2sc2ccccc23)cccc1-c1cccc2c1sc1ccccc12. The molecule has 0 saturated heterocycles. The third-order valence-corrected chi connectivity index (χ3v) is 8.93. The zero-order valence-electron chi connectivity index (χ0n) is 17.7. The minimum absolute atomic E-state index is 0.840. The molecule has 7 aromatic rings. The minimum atomic E-state index is 0.840. The standard InChI is InChI=1S/C30H19NS2/c31-28-20(24-14-6-12-22-18-8-1-3-16-26(18)32-29(22)24)10-5-11-21(28)25-15-7-13-23-19-9-2-4-17-27(19)33-30(23)25/h1-17H,31H2. The van der Waals surface area contributed by atoms with Crippen molar-refractivity contribution in [2.45, 2.75) is 0 Å². The van der Waals surface area contributed by atoms with E-state index < -0.39 is 0 Å². The van der Waals surface area contributed by atoms with Crippen molar-refractivity contribution in [1.82, 2.24) is 0 Å². The van der Waals surface area contributed by atoms with Crippen LogP contribution in [0.15, 0.2) is 103 Å². The number of thiophene rings is 2. The smallest absolute Gasteiger partial charge is 0.0474 e. The Kier molecular flexibility index (Phi) is 4.10. The van der Waals surface area contributed by atoms with Crippen LogP contribution in [0.5, 0.6) is 0 Å². The van der Waals surface area contributed by atoms with Gasteiger partial charge in [0.2, 0.25) is 0 Å². The lowest BCUT2D eigenvalue weighted by Crippen LogP contribution is -1.94. The van der Waals surface area contributed by atoms with Crippen LogP contribution in [-0.4, -0.2) is 0 Å². The fraction of sp³-hybridized carbons (Fsp3) is 0. The lowest BCUT2D eigenvalue weighted by molar-refractivity contribution is 1.63. The average Bonchev–Trinajstić information content (AvgIpc) is 3.43. The Balaban J connectivity index is 1.49. The molecule has 0 spiro atoms. The Hall–Kier alpha value is -3.66. The predicted octanol–water partition coefficient (Wildman–Crippen LogP) is 9.34. The highest BCUT2D eigenvalue weighted by molar-refractivity contribution is 7.26. The van der Waals surface area contributed by atoms with Crippen LogP contribution in [0.1, 0.15) is 0 Å². The van der Waals surface area contributed by atoms with Gasteiger partial charge in [-0.3, -0.25) is 0 Å². The first-order valence-electron chi connectivity index (χ1n) is 11.0. The summed E-state index contributed by atoms with van der Waals surface area (Å²) >= 11 is 3.69. The number of hydrogen-bond donors (Lipinski definition) is 1. The van der Waals surface area contributed by atoms with Gasteiger partial charge in [0.1, 0.15) is 0 Å². The van der Waals surface area contributed by atoms with Gasteiger partial charge in [-0.05, 0) is 12.1 Å². The monoisotopic (exact) mass is 457 g/mol. The van der Waals surface area contributed by atoms with E-state index in [0.29, 0.717) is 0 Å². The summed E-state index contributed by atoms with van der Waals surface area (Å²) in [6, 6.07) is 36.8. The van der Waals surface area contributed by atoms with Gasteiger partial charge in [-0.15, -0.1) is 22.7 Å². The van der Waals surface area contributed by atoms with Crippen LogP contribution in [0, 0.1) is 0 Å². The van der Waals surface area contributed by atoms with Crippen molar-refractivity contribution in [1.29, 1.82) is 0 Å². The van der Waals surface area contributed by atoms with Crippen LogP contribution in [0.25, 0.3) is 62.6 Å². The second kappa shape index (κ2) is 7.17. The van der Waals surface area contributed by atoms with Crippen molar-refractivity contribution in [2.75, 3.05) is 5.73 Å². The van der Waals surface area contributed by atoms with Crippen LogP contribution in [0.2, 0.25) is 0 Å². The Bertz CT molecular complexity index is 1710. The number of hydrogen-bond acceptors (Lipinski definition) is 3. The molecule has 0 atom stereocenters.